The van der Waals surface area contributed by atoms with Crippen LogP contribution in [-0.2, 0) is 11.8 Å². The minimum atomic E-state index is 0.124. The molecule has 2 aromatic heterocycles. The SMILES string of the molecule is CC1(C)CCc2c1cc1c(oc3c(-c4cc(-c5ccccc5)nc(-c5ccc(C6=CC=CCC6)cc5)c4)cccc31)c2-c1ccccc1. The number of pyridine rings is 1. The van der Waals surface area contributed by atoms with Crippen LogP contribution in [0.1, 0.15) is 49.8 Å². The lowest BCUT2D eigenvalue weighted by atomic mass is 9.84. The van der Waals surface area contributed by atoms with Crippen LogP contribution in [0.2, 0.25) is 0 Å². The molecule has 0 amide bonds. The van der Waals surface area contributed by atoms with Gasteiger partial charge >= 0.3 is 0 Å². The number of allylic oxidation sites excluding steroid dienone is 4. The maximum absolute atomic E-state index is 7.06. The fourth-order valence-corrected chi connectivity index (χ4v) is 7.83. The normalized spacial score (nSPS) is 15.2. The number of hydrogen-bond donors (Lipinski definition) is 0. The Bertz CT molecular complexity index is 2390. The second-order valence-corrected chi connectivity index (χ2v) is 13.9. The number of para-hydroxylation sites is 1. The molecule has 2 heterocycles. The molecule has 0 bridgehead atoms. The average molecular weight is 620 g/mol. The Hall–Kier alpha value is -5.47. The number of fused-ring (bicyclic) bond motifs is 4. The summed E-state index contributed by atoms with van der Waals surface area (Å²) in [4.78, 5) is 5.22. The number of furan rings is 1. The van der Waals surface area contributed by atoms with E-state index in [0.29, 0.717) is 0 Å². The standard InChI is InChI=1S/C46H37NO/c1-46(2)26-25-38-40(46)29-39-37-20-12-19-36(44(37)48-45(39)43(38)34-17-10-5-11-18-34)35-27-41(32-15-8-4-9-16-32)47-42(28-35)33-23-21-31(22-24-33)30-13-6-3-7-14-30/h3-6,8-13,15-24,27-29H,7,14,25-26H2,1-2H3. The average Bonchev–Trinajstić information content (AvgIpc) is 3.67. The van der Waals surface area contributed by atoms with Gasteiger partial charge in [-0.3, -0.25) is 0 Å². The Labute approximate surface area is 282 Å². The molecule has 9 rings (SSSR count). The number of benzene rings is 5. The molecule has 0 unspecified atom stereocenters. The Morgan fingerprint density at radius 1 is 0.604 bits per heavy atom. The van der Waals surface area contributed by atoms with E-state index in [4.69, 9.17) is 9.40 Å². The third-order valence-corrected chi connectivity index (χ3v) is 10.5. The summed E-state index contributed by atoms with van der Waals surface area (Å²) < 4.78 is 7.06. The third kappa shape index (κ3) is 4.83. The summed E-state index contributed by atoms with van der Waals surface area (Å²) in [6, 6.07) is 43.7. The first-order valence-electron chi connectivity index (χ1n) is 17.1. The fourth-order valence-electron chi connectivity index (χ4n) is 7.83. The van der Waals surface area contributed by atoms with Gasteiger partial charge in [-0.1, -0.05) is 135 Å². The van der Waals surface area contributed by atoms with Gasteiger partial charge in [0.25, 0.3) is 0 Å². The van der Waals surface area contributed by atoms with Crippen molar-refractivity contribution in [2.45, 2.75) is 44.9 Å². The predicted octanol–water partition coefficient (Wildman–Crippen LogP) is 12.6. The lowest BCUT2D eigenvalue weighted by Crippen LogP contribution is -2.11. The summed E-state index contributed by atoms with van der Waals surface area (Å²) in [6.07, 6.45) is 11.0. The van der Waals surface area contributed by atoms with E-state index in [1.54, 1.807) is 0 Å². The molecule has 2 nitrogen and oxygen atoms in total. The van der Waals surface area contributed by atoms with E-state index in [1.807, 2.05) is 0 Å². The zero-order chi connectivity index (χ0) is 32.2. The van der Waals surface area contributed by atoms with Crippen LogP contribution in [0, 0.1) is 0 Å². The van der Waals surface area contributed by atoms with Crippen molar-refractivity contribution in [2.75, 3.05) is 0 Å². The molecule has 0 N–H and O–H groups in total. The van der Waals surface area contributed by atoms with Crippen molar-refractivity contribution in [2.24, 2.45) is 0 Å². The van der Waals surface area contributed by atoms with Crippen LogP contribution in [0.25, 0.3) is 72.3 Å². The highest BCUT2D eigenvalue weighted by molar-refractivity contribution is 6.14. The molecule has 2 aliphatic rings. The Balaban J connectivity index is 1.26. The molecule has 232 valence electrons. The van der Waals surface area contributed by atoms with Gasteiger partial charge in [0.05, 0.1) is 11.4 Å². The monoisotopic (exact) mass is 619 g/mol. The van der Waals surface area contributed by atoms with Gasteiger partial charge in [0.1, 0.15) is 11.2 Å². The van der Waals surface area contributed by atoms with Crippen LogP contribution in [0.15, 0.2) is 144 Å². The fraction of sp³-hybridized carbons (Fsp3) is 0.152. The molecule has 0 spiro atoms. The lowest BCUT2D eigenvalue weighted by Gasteiger charge is -2.20. The molecule has 2 aliphatic carbocycles. The highest BCUT2D eigenvalue weighted by Gasteiger charge is 2.34. The van der Waals surface area contributed by atoms with Crippen LogP contribution < -0.4 is 0 Å². The van der Waals surface area contributed by atoms with Crippen molar-refractivity contribution in [3.63, 3.8) is 0 Å². The molecular formula is C46H37NO. The molecule has 48 heavy (non-hydrogen) atoms. The number of aromatic nitrogens is 1. The van der Waals surface area contributed by atoms with Gasteiger partial charge in [-0.2, -0.15) is 0 Å². The Morgan fingerprint density at radius 3 is 2.00 bits per heavy atom. The minimum absolute atomic E-state index is 0.124. The van der Waals surface area contributed by atoms with E-state index >= 15 is 0 Å². The van der Waals surface area contributed by atoms with E-state index in [2.05, 4.69) is 153 Å². The van der Waals surface area contributed by atoms with E-state index < -0.39 is 0 Å². The summed E-state index contributed by atoms with van der Waals surface area (Å²) in [5.74, 6) is 0. The maximum atomic E-state index is 7.06. The zero-order valence-corrected chi connectivity index (χ0v) is 27.5. The number of nitrogens with zero attached hydrogens (tertiary/aromatic N) is 1. The molecule has 0 saturated heterocycles. The van der Waals surface area contributed by atoms with Crippen molar-refractivity contribution in [1.82, 2.24) is 4.98 Å². The van der Waals surface area contributed by atoms with Gasteiger partial charge in [-0.15, -0.1) is 0 Å². The van der Waals surface area contributed by atoms with Crippen molar-refractivity contribution < 1.29 is 4.42 Å². The van der Waals surface area contributed by atoms with E-state index in [0.717, 1.165) is 75.9 Å². The van der Waals surface area contributed by atoms with Crippen molar-refractivity contribution >= 4 is 27.5 Å². The molecule has 7 aromatic rings. The van der Waals surface area contributed by atoms with Crippen LogP contribution >= 0.6 is 0 Å². The van der Waals surface area contributed by atoms with E-state index in [1.165, 1.54) is 38.8 Å². The van der Waals surface area contributed by atoms with Crippen LogP contribution in [0.3, 0.4) is 0 Å². The van der Waals surface area contributed by atoms with Crippen LogP contribution in [0.4, 0.5) is 0 Å². The van der Waals surface area contributed by atoms with Crippen LogP contribution in [-0.4, -0.2) is 4.98 Å². The van der Waals surface area contributed by atoms with Gasteiger partial charge in [-0.05, 0) is 82.7 Å². The lowest BCUT2D eigenvalue weighted by molar-refractivity contribution is 0.522. The van der Waals surface area contributed by atoms with Crippen LogP contribution in [0.5, 0.6) is 0 Å². The van der Waals surface area contributed by atoms with Gasteiger partial charge in [-0.25, -0.2) is 4.98 Å². The number of hydrogen-bond acceptors (Lipinski definition) is 2. The first kappa shape index (κ1) is 28.7. The van der Waals surface area contributed by atoms with Crippen molar-refractivity contribution in [3.05, 3.63) is 156 Å². The minimum Gasteiger partial charge on any atom is -0.455 e. The third-order valence-electron chi connectivity index (χ3n) is 10.5. The quantitative estimate of drug-likeness (QED) is 0.192. The highest BCUT2D eigenvalue weighted by atomic mass is 16.3. The molecule has 0 fully saturated rings. The van der Waals surface area contributed by atoms with E-state index in [9.17, 15) is 0 Å². The molecule has 0 aliphatic heterocycles. The summed E-state index contributed by atoms with van der Waals surface area (Å²) in [6.45, 7) is 4.76. The summed E-state index contributed by atoms with van der Waals surface area (Å²) in [5, 5.41) is 2.35. The summed E-state index contributed by atoms with van der Waals surface area (Å²) >= 11 is 0. The van der Waals surface area contributed by atoms with Gasteiger partial charge < -0.3 is 4.42 Å². The second-order valence-electron chi connectivity index (χ2n) is 13.9. The van der Waals surface area contributed by atoms with Gasteiger partial charge in [0.15, 0.2) is 0 Å². The van der Waals surface area contributed by atoms with Crippen molar-refractivity contribution in [3.8, 4) is 44.8 Å². The zero-order valence-electron chi connectivity index (χ0n) is 27.5. The largest absolute Gasteiger partial charge is 0.455 e. The molecular weight excluding hydrogens is 583 g/mol. The molecule has 2 heteroatoms. The molecule has 0 atom stereocenters. The summed E-state index contributed by atoms with van der Waals surface area (Å²) in [5.41, 5.74) is 16.3. The Kier molecular flexibility index (Phi) is 6.79. The second kappa shape index (κ2) is 11.3. The smallest absolute Gasteiger partial charge is 0.143 e. The summed E-state index contributed by atoms with van der Waals surface area (Å²) in [7, 11) is 0. The van der Waals surface area contributed by atoms with Gasteiger partial charge in [0.2, 0.25) is 0 Å². The molecule has 5 aromatic carbocycles. The van der Waals surface area contributed by atoms with Gasteiger partial charge in [0, 0.05) is 33.0 Å². The molecule has 0 radical (unpaired) electrons. The van der Waals surface area contributed by atoms with Crippen molar-refractivity contribution in [1.29, 1.82) is 0 Å². The topological polar surface area (TPSA) is 26.0 Å². The first-order valence-corrected chi connectivity index (χ1v) is 17.1. The highest BCUT2D eigenvalue weighted by Crippen LogP contribution is 2.49. The molecule has 0 saturated carbocycles. The predicted molar refractivity (Wildman–Crippen MR) is 201 cm³/mol. The Morgan fingerprint density at radius 2 is 1.29 bits per heavy atom. The van der Waals surface area contributed by atoms with E-state index in [-0.39, 0.29) is 5.41 Å². The maximum Gasteiger partial charge on any atom is 0.143 e. The first-order chi connectivity index (χ1) is 23.5. The number of rotatable bonds is 5.